The van der Waals surface area contributed by atoms with E-state index in [2.05, 4.69) is 39.3 Å². The molecule has 1 aliphatic carbocycles. The Morgan fingerprint density at radius 1 is 1.13 bits per heavy atom. The lowest BCUT2D eigenvalue weighted by atomic mass is 9.45. The predicted molar refractivity (Wildman–Crippen MR) is 201 cm³/mol. The molecule has 2 aliphatic heterocycles. The average Bonchev–Trinajstić information content (AvgIpc) is 3.69. The zero-order valence-corrected chi connectivity index (χ0v) is 32.1. The number of likely N-dealkylation sites (tertiary alicyclic amines) is 1. The largest absolute Gasteiger partial charge is 0.444 e. The Kier molecular flexibility index (Phi) is 12.3. The lowest BCUT2D eigenvalue weighted by Gasteiger charge is -2.37. The minimum atomic E-state index is -4.48. The standard InChI is InChI=1S/C35H45B2ClF3N7O4S/c1-31(2,3)52-30(50)47-21-22(20-32(47,4)5)8-7-17-42-24-9-6-10-27(43-24)53-46-29(49)23-11-12-25(44-28(23)38)48-18-13-26(45-48)51-19-16-34(36,37)33(14-15-33)35(39,40)41/h6,9-13,18,22,26,45H,7-8,14-17,19-21H2,1-5H3,(H,42,43)(H,46,49). The van der Waals surface area contributed by atoms with Crippen LogP contribution in [0.2, 0.25) is 10.4 Å². The number of halogens is 4. The van der Waals surface area contributed by atoms with Crippen LogP contribution in [0.4, 0.5) is 29.6 Å². The third-order valence-electron chi connectivity index (χ3n) is 9.64. The lowest BCUT2D eigenvalue weighted by molar-refractivity contribution is -0.193. The number of ether oxygens (including phenoxy) is 2. The van der Waals surface area contributed by atoms with Crippen LogP contribution in [0.1, 0.15) is 83.5 Å². The first-order valence-corrected chi connectivity index (χ1v) is 18.7. The molecule has 0 aromatic carbocycles. The van der Waals surface area contributed by atoms with Crippen molar-refractivity contribution in [3.8, 4) is 0 Å². The number of nitrogens with zero attached hydrogens (tertiary/aromatic N) is 4. The minimum absolute atomic E-state index is 0.0404. The van der Waals surface area contributed by atoms with E-state index in [0.717, 1.165) is 31.2 Å². The molecule has 0 spiro atoms. The predicted octanol–water partition coefficient (Wildman–Crippen LogP) is 7.16. The number of carbonyl (C=O) groups excluding carboxylic acids is 2. The molecule has 2 unspecified atom stereocenters. The first kappa shape index (κ1) is 41.0. The lowest BCUT2D eigenvalue weighted by Crippen LogP contribution is -2.45. The highest BCUT2D eigenvalue weighted by atomic mass is 35.5. The summed E-state index contributed by atoms with van der Waals surface area (Å²) in [5, 5.41) is 3.45. The first-order valence-electron chi connectivity index (χ1n) is 17.5. The van der Waals surface area contributed by atoms with Crippen molar-refractivity contribution in [2.45, 2.75) is 107 Å². The SMILES string of the molecule is [B]C([B])(CCOC1C=CN(c2ccc(C(=O)NSc3cccc(NCCCC4CN(C(=O)OC(C)(C)C)C(C)(C)C4)n3)c(Cl)n2)N1)C1(C(F)(F)F)CC1. The van der Waals surface area contributed by atoms with E-state index >= 15 is 0 Å². The molecule has 1 saturated heterocycles. The first-order chi connectivity index (χ1) is 24.7. The molecule has 2 aromatic rings. The number of amides is 2. The number of nitrogens with one attached hydrogen (secondary N) is 3. The molecule has 4 heterocycles. The van der Waals surface area contributed by atoms with Gasteiger partial charge in [0.15, 0.2) is 0 Å². The summed E-state index contributed by atoms with van der Waals surface area (Å²) in [5.74, 6) is 0.938. The van der Waals surface area contributed by atoms with Crippen LogP contribution >= 0.6 is 23.5 Å². The molecule has 0 bridgehead atoms. The molecule has 5 rings (SSSR count). The van der Waals surface area contributed by atoms with Crippen LogP contribution in [-0.2, 0) is 9.47 Å². The zero-order chi connectivity index (χ0) is 38.8. The molecule has 53 heavy (non-hydrogen) atoms. The number of aromatic nitrogens is 2. The van der Waals surface area contributed by atoms with Crippen LogP contribution in [0, 0.1) is 11.3 Å². The highest BCUT2D eigenvalue weighted by Gasteiger charge is 2.68. The zero-order valence-electron chi connectivity index (χ0n) is 30.6. The van der Waals surface area contributed by atoms with Gasteiger partial charge in [-0.3, -0.25) is 14.5 Å². The molecule has 18 heteroatoms. The Bertz CT molecular complexity index is 1680. The third kappa shape index (κ3) is 10.1. The Labute approximate surface area is 320 Å². The molecule has 284 valence electrons. The molecule has 2 atom stereocenters. The van der Waals surface area contributed by atoms with Gasteiger partial charge in [-0.2, -0.15) is 18.6 Å². The van der Waals surface area contributed by atoms with Gasteiger partial charge in [-0.25, -0.2) is 14.8 Å². The molecule has 11 nitrogen and oxygen atoms in total. The number of carbonyl (C=O) groups is 2. The van der Waals surface area contributed by atoms with Gasteiger partial charge in [-0.1, -0.05) is 22.9 Å². The van der Waals surface area contributed by atoms with E-state index in [1.807, 2.05) is 37.8 Å². The van der Waals surface area contributed by atoms with Crippen molar-refractivity contribution in [2.75, 3.05) is 30.0 Å². The number of rotatable bonds is 14. The number of hydrogen-bond donors (Lipinski definition) is 3. The summed E-state index contributed by atoms with van der Waals surface area (Å²) in [6, 6.07) is 8.58. The summed E-state index contributed by atoms with van der Waals surface area (Å²) in [7, 11) is 11.8. The fourth-order valence-electron chi connectivity index (χ4n) is 6.63. The van der Waals surface area contributed by atoms with Crippen LogP contribution in [0.5, 0.6) is 0 Å². The maximum absolute atomic E-state index is 13.5. The average molecular weight is 774 g/mol. The van der Waals surface area contributed by atoms with Crippen molar-refractivity contribution >= 4 is 62.9 Å². The number of hydrogen-bond acceptors (Lipinski definition) is 10. The molecule has 4 radical (unpaired) electrons. The van der Waals surface area contributed by atoms with Crippen LogP contribution in [0.25, 0.3) is 0 Å². The topological polar surface area (TPSA) is 121 Å². The van der Waals surface area contributed by atoms with Gasteiger partial charge < -0.3 is 19.7 Å². The van der Waals surface area contributed by atoms with Gasteiger partial charge >= 0.3 is 12.3 Å². The summed E-state index contributed by atoms with van der Waals surface area (Å²) in [6.07, 6.45) is 0.233. The van der Waals surface area contributed by atoms with Crippen molar-refractivity contribution in [3.05, 3.63) is 53.3 Å². The second-order valence-electron chi connectivity index (χ2n) is 15.4. The maximum atomic E-state index is 13.5. The van der Waals surface area contributed by atoms with Crippen molar-refractivity contribution in [1.29, 1.82) is 0 Å². The monoisotopic (exact) mass is 773 g/mol. The highest BCUT2D eigenvalue weighted by Crippen LogP contribution is 2.69. The number of hydrazine groups is 1. The molecule has 2 aromatic heterocycles. The smallest absolute Gasteiger partial charge is 0.410 e. The second-order valence-corrected chi connectivity index (χ2v) is 16.6. The van der Waals surface area contributed by atoms with Gasteiger partial charge in [0, 0.05) is 43.4 Å². The van der Waals surface area contributed by atoms with E-state index in [4.69, 9.17) is 36.8 Å². The van der Waals surface area contributed by atoms with Crippen molar-refractivity contribution in [2.24, 2.45) is 11.3 Å². The normalized spacial score (nSPS) is 20.8. The van der Waals surface area contributed by atoms with Crippen molar-refractivity contribution in [3.63, 3.8) is 0 Å². The maximum Gasteiger partial charge on any atom is 0.410 e. The molecule has 2 amide bonds. The van der Waals surface area contributed by atoms with Crippen LogP contribution in [-0.4, -0.2) is 85.8 Å². The fraction of sp³-hybridized carbons (Fsp3) is 0.600. The summed E-state index contributed by atoms with van der Waals surface area (Å²) >= 11 is 7.43. The molecular formula is C35H45B2ClF3N7O4S. The Morgan fingerprint density at radius 3 is 2.53 bits per heavy atom. The van der Waals surface area contributed by atoms with Crippen LogP contribution < -0.4 is 20.5 Å². The second kappa shape index (κ2) is 15.9. The molecule has 3 N–H and O–H groups in total. The van der Waals surface area contributed by atoms with Gasteiger partial charge in [0.25, 0.3) is 5.91 Å². The summed E-state index contributed by atoms with van der Waals surface area (Å²) in [4.78, 5) is 36.4. The van der Waals surface area contributed by atoms with Crippen molar-refractivity contribution < 1.29 is 32.2 Å². The van der Waals surface area contributed by atoms with Gasteiger partial charge in [0.1, 0.15) is 33.6 Å². The van der Waals surface area contributed by atoms with Gasteiger partial charge in [-0.15, -0.1) is 0 Å². The van der Waals surface area contributed by atoms with E-state index in [1.54, 1.807) is 24.4 Å². The minimum Gasteiger partial charge on any atom is -0.444 e. The van der Waals surface area contributed by atoms with E-state index in [1.165, 1.54) is 11.1 Å². The van der Waals surface area contributed by atoms with E-state index in [0.29, 0.717) is 35.7 Å². The Balaban J connectivity index is 1.03. The van der Waals surface area contributed by atoms with Crippen molar-refractivity contribution in [1.82, 2.24) is 25.0 Å². The quantitative estimate of drug-likeness (QED) is 0.0790. The molecule has 1 saturated carbocycles. The molecule has 2 fully saturated rings. The van der Waals surface area contributed by atoms with Gasteiger partial charge in [0.05, 0.1) is 26.7 Å². The van der Waals surface area contributed by atoms with E-state index < -0.39 is 34.5 Å². The van der Waals surface area contributed by atoms with E-state index in [-0.39, 0.29) is 48.2 Å². The highest BCUT2D eigenvalue weighted by molar-refractivity contribution is 7.97. The van der Waals surface area contributed by atoms with Crippen LogP contribution in [0.3, 0.4) is 0 Å². The Morgan fingerprint density at radius 2 is 1.87 bits per heavy atom. The van der Waals surface area contributed by atoms with Gasteiger partial charge in [-0.05, 0) is 109 Å². The third-order valence-corrected chi connectivity index (χ3v) is 10.7. The number of pyridine rings is 2. The molecular weight excluding hydrogens is 729 g/mol. The Hall–Kier alpha value is -3.14. The van der Waals surface area contributed by atoms with Gasteiger partial charge in [0.2, 0.25) is 0 Å². The fourth-order valence-corrected chi connectivity index (χ4v) is 7.47. The number of anilines is 2. The summed E-state index contributed by atoms with van der Waals surface area (Å²) in [6.45, 7) is 11.0. The van der Waals surface area contributed by atoms with Crippen LogP contribution in [0.15, 0.2) is 47.6 Å². The summed E-state index contributed by atoms with van der Waals surface area (Å²) in [5.41, 5.74) is 0.259. The molecule has 3 aliphatic rings. The van der Waals surface area contributed by atoms with E-state index in [9.17, 15) is 22.8 Å². The summed E-state index contributed by atoms with van der Waals surface area (Å²) < 4.78 is 54.4. The number of alkyl halides is 3.